The van der Waals surface area contributed by atoms with Crippen molar-refractivity contribution in [1.82, 2.24) is 0 Å². The van der Waals surface area contributed by atoms with Gasteiger partial charge in [0, 0.05) is 21.4 Å². The summed E-state index contributed by atoms with van der Waals surface area (Å²) in [6.45, 7) is 3.88. The highest BCUT2D eigenvalue weighted by molar-refractivity contribution is 9.10. The molecule has 2 rings (SSSR count). The van der Waals surface area contributed by atoms with E-state index in [4.69, 9.17) is 10.5 Å². The van der Waals surface area contributed by atoms with Gasteiger partial charge in [0.2, 0.25) is 0 Å². The number of amides is 1. The molecule has 0 unspecified atom stereocenters. The normalized spacial score (nSPS) is 10.5. The Labute approximate surface area is 132 Å². The maximum Gasteiger partial charge on any atom is 0.255 e. The Morgan fingerprint density at radius 3 is 2.67 bits per heavy atom. The maximum atomic E-state index is 12.2. The highest BCUT2D eigenvalue weighted by atomic mass is 79.9. The Bertz CT molecular complexity index is 656. The molecule has 0 radical (unpaired) electrons. The second-order valence-corrected chi connectivity index (χ2v) is 5.74. The third-order valence-corrected chi connectivity index (χ3v) is 3.44. The zero-order valence-corrected chi connectivity index (χ0v) is 13.5. The lowest BCUT2D eigenvalue weighted by Crippen LogP contribution is -2.13. The first-order valence-electron chi connectivity index (χ1n) is 6.59. The molecular formula is C16H17BrN2O2. The van der Waals surface area contributed by atoms with Crippen molar-refractivity contribution >= 4 is 33.2 Å². The van der Waals surface area contributed by atoms with Gasteiger partial charge in [-0.05, 0) is 66.2 Å². The minimum atomic E-state index is -0.203. The van der Waals surface area contributed by atoms with E-state index in [1.165, 1.54) is 0 Å². The smallest absolute Gasteiger partial charge is 0.255 e. The molecule has 0 heterocycles. The van der Waals surface area contributed by atoms with Gasteiger partial charge in [-0.25, -0.2) is 0 Å². The van der Waals surface area contributed by atoms with E-state index < -0.39 is 0 Å². The lowest BCUT2D eigenvalue weighted by Gasteiger charge is -2.11. The van der Waals surface area contributed by atoms with Crippen molar-refractivity contribution in [1.29, 1.82) is 0 Å². The molecule has 0 spiro atoms. The molecular weight excluding hydrogens is 332 g/mol. The minimum Gasteiger partial charge on any atom is -0.491 e. The van der Waals surface area contributed by atoms with Gasteiger partial charge >= 0.3 is 0 Å². The van der Waals surface area contributed by atoms with Crippen LogP contribution in [0, 0.1) is 0 Å². The molecule has 5 heteroatoms. The predicted octanol–water partition coefficient (Wildman–Crippen LogP) is 4.07. The Kier molecular flexibility index (Phi) is 4.85. The molecule has 0 aromatic heterocycles. The number of hydrogen-bond acceptors (Lipinski definition) is 3. The number of anilines is 2. The van der Waals surface area contributed by atoms with Crippen LogP contribution >= 0.6 is 15.9 Å². The topological polar surface area (TPSA) is 64.3 Å². The van der Waals surface area contributed by atoms with E-state index in [0.29, 0.717) is 22.7 Å². The van der Waals surface area contributed by atoms with Gasteiger partial charge in [-0.15, -0.1) is 0 Å². The van der Waals surface area contributed by atoms with Crippen LogP contribution in [0.4, 0.5) is 11.4 Å². The van der Waals surface area contributed by atoms with Crippen molar-refractivity contribution < 1.29 is 9.53 Å². The van der Waals surface area contributed by atoms with Gasteiger partial charge in [-0.1, -0.05) is 6.07 Å². The minimum absolute atomic E-state index is 0.0644. The first-order valence-corrected chi connectivity index (χ1v) is 7.38. The van der Waals surface area contributed by atoms with Crippen LogP contribution in [0.25, 0.3) is 0 Å². The van der Waals surface area contributed by atoms with E-state index in [9.17, 15) is 4.79 Å². The van der Waals surface area contributed by atoms with Crippen LogP contribution in [0.15, 0.2) is 46.9 Å². The molecule has 1 amide bonds. The lowest BCUT2D eigenvalue weighted by atomic mass is 10.2. The van der Waals surface area contributed by atoms with Crippen molar-refractivity contribution in [3.05, 3.63) is 52.5 Å². The number of hydrogen-bond donors (Lipinski definition) is 2. The molecule has 4 nitrogen and oxygen atoms in total. The molecule has 0 saturated carbocycles. The first-order chi connectivity index (χ1) is 9.95. The molecule has 21 heavy (non-hydrogen) atoms. The number of rotatable bonds is 4. The zero-order valence-electron chi connectivity index (χ0n) is 11.9. The molecule has 3 N–H and O–H groups in total. The molecule has 110 valence electrons. The van der Waals surface area contributed by atoms with Crippen LogP contribution in [0.1, 0.15) is 24.2 Å². The van der Waals surface area contributed by atoms with Gasteiger partial charge < -0.3 is 15.8 Å². The molecule has 0 fully saturated rings. The van der Waals surface area contributed by atoms with Crippen LogP contribution in [0.5, 0.6) is 5.75 Å². The fourth-order valence-corrected chi connectivity index (χ4v) is 2.05. The highest BCUT2D eigenvalue weighted by Crippen LogP contribution is 2.23. The van der Waals surface area contributed by atoms with E-state index in [2.05, 4.69) is 21.2 Å². The van der Waals surface area contributed by atoms with Crippen LogP contribution in [-0.4, -0.2) is 12.0 Å². The largest absolute Gasteiger partial charge is 0.491 e. The van der Waals surface area contributed by atoms with Crippen molar-refractivity contribution in [2.75, 3.05) is 11.1 Å². The number of carbonyl (C=O) groups excluding carboxylic acids is 1. The summed E-state index contributed by atoms with van der Waals surface area (Å²) in [5, 5.41) is 2.81. The van der Waals surface area contributed by atoms with E-state index >= 15 is 0 Å². The average Bonchev–Trinajstić information content (AvgIpc) is 2.42. The fourth-order valence-electron chi connectivity index (χ4n) is 1.81. The summed E-state index contributed by atoms with van der Waals surface area (Å²) in [6, 6.07) is 12.4. The van der Waals surface area contributed by atoms with Crippen molar-refractivity contribution in [3.8, 4) is 5.75 Å². The zero-order chi connectivity index (χ0) is 15.4. The van der Waals surface area contributed by atoms with Gasteiger partial charge in [0.05, 0.1) is 6.10 Å². The Morgan fingerprint density at radius 2 is 2.00 bits per heavy atom. The third kappa shape index (κ3) is 4.23. The summed E-state index contributed by atoms with van der Waals surface area (Å²) < 4.78 is 6.38. The molecule has 0 aliphatic heterocycles. The SMILES string of the molecule is CC(C)Oc1cccc(C(=O)Nc2ccc(Br)c(N)c2)c1. The van der Waals surface area contributed by atoms with Crippen LogP contribution in [-0.2, 0) is 0 Å². The lowest BCUT2D eigenvalue weighted by molar-refractivity contribution is 0.102. The number of nitrogens with one attached hydrogen (secondary N) is 1. The van der Waals surface area contributed by atoms with E-state index in [0.717, 1.165) is 4.47 Å². The predicted molar refractivity (Wildman–Crippen MR) is 88.7 cm³/mol. The van der Waals surface area contributed by atoms with Crippen molar-refractivity contribution in [3.63, 3.8) is 0 Å². The average molecular weight is 349 g/mol. The number of carbonyl (C=O) groups is 1. The quantitative estimate of drug-likeness (QED) is 0.818. The van der Waals surface area contributed by atoms with Crippen LogP contribution in [0.2, 0.25) is 0 Å². The Balaban J connectivity index is 2.14. The summed E-state index contributed by atoms with van der Waals surface area (Å²) in [6.07, 6.45) is 0.0644. The van der Waals surface area contributed by atoms with Crippen molar-refractivity contribution in [2.45, 2.75) is 20.0 Å². The van der Waals surface area contributed by atoms with Crippen molar-refractivity contribution in [2.24, 2.45) is 0 Å². The van der Waals surface area contributed by atoms with E-state index in [1.807, 2.05) is 19.9 Å². The van der Waals surface area contributed by atoms with E-state index in [-0.39, 0.29) is 12.0 Å². The summed E-state index contributed by atoms with van der Waals surface area (Å²) in [7, 11) is 0. The number of nitrogens with two attached hydrogens (primary N) is 1. The fraction of sp³-hybridized carbons (Fsp3) is 0.188. The number of ether oxygens (including phenoxy) is 1. The standard InChI is InChI=1S/C16H17BrN2O2/c1-10(2)21-13-5-3-4-11(8-13)16(20)19-12-6-7-14(17)15(18)9-12/h3-10H,18H2,1-2H3,(H,19,20). The molecule has 0 aliphatic rings. The molecule has 0 saturated heterocycles. The molecule has 2 aromatic rings. The molecule has 0 bridgehead atoms. The molecule has 0 atom stereocenters. The van der Waals surface area contributed by atoms with Crippen LogP contribution < -0.4 is 15.8 Å². The third-order valence-electron chi connectivity index (χ3n) is 2.72. The number of halogens is 1. The van der Waals surface area contributed by atoms with Gasteiger partial charge in [0.25, 0.3) is 5.91 Å². The second-order valence-electron chi connectivity index (χ2n) is 4.88. The summed E-state index contributed by atoms with van der Waals surface area (Å²) >= 11 is 3.32. The van der Waals surface area contributed by atoms with Gasteiger partial charge in [0.15, 0.2) is 0 Å². The molecule has 2 aromatic carbocycles. The summed E-state index contributed by atoms with van der Waals surface area (Å²) in [4.78, 5) is 12.2. The summed E-state index contributed by atoms with van der Waals surface area (Å²) in [5.74, 6) is 0.471. The first kappa shape index (κ1) is 15.4. The number of benzene rings is 2. The highest BCUT2D eigenvalue weighted by Gasteiger charge is 2.08. The monoisotopic (exact) mass is 348 g/mol. The summed E-state index contributed by atoms with van der Waals surface area (Å²) in [5.41, 5.74) is 7.56. The van der Waals surface area contributed by atoms with Gasteiger partial charge in [0.1, 0.15) is 5.75 Å². The van der Waals surface area contributed by atoms with Gasteiger partial charge in [-0.2, -0.15) is 0 Å². The van der Waals surface area contributed by atoms with Gasteiger partial charge in [-0.3, -0.25) is 4.79 Å². The molecule has 0 aliphatic carbocycles. The number of nitrogen functional groups attached to an aromatic ring is 1. The van der Waals surface area contributed by atoms with Crippen LogP contribution in [0.3, 0.4) is 0 Å². The Morgan fingerprint density at radius 1 is 1.24 bits per heavy atom. The second kappa shape index (κ2) is 6.63. The Hall–Kier alpha value is -2.01. The maximum absolute atomic E-state index is 12.2. The van der Waals surface area contributed by atoms with E-state index in [1.54, 1.807) is 36.4 Å².